The molecule has 4 aromatic rings. The number of halogens is 1. The van der Waals surface area contributed by atoms with Gasteiger partial charge in [-0.1, -0.05) is 72.8 Å². The molecule has 0 N–H and O–H groups in total. The molecule has 2 nitrogen and oxygen atoms in total. The molecule has 4 heteroatoms. The van der Waals surface area contributed by atoms with Crippen LogP contribution in [0, 0.1) is 5.82 Å². The van der Waals surface area contributed by atoms with Crippen LogP contribution in [0.3, 0.4) is 0 Å². The monoisotopic (exact) mass is 389 g/mol. The van der Waals surface area contributed by atoms with Crippen LogP contribution in [0.2, 0.25) is 0 Å². The van der Waals surface area contributed by atoms with Gasteiger partial charge in [0.15, 0.2) is 0 Å². The largest absolute Gasteiger partial charge is 0.244 e. The van der Waals surface area contributed by atoms with E-state index in [4.69, 9.17) is 0 Å². The minimum atomic E-state index is -0.389. The molecule has 3 aromatic carbocycles. The van der Waals surface area contributed by atoms with Crippen molar-refractivity contribution in [1.82, 2.24) is 4.57 Å². The number of benzene rings is 3. The van der Waals surface area contributed by atoms with E-state index < -0.39 is 0 Å². The molecule has 0 radical (unpaired) electrons. The van der Waals surface area contributed by atoms with Crippen LogP contribution in [-0.4, -0.2) is 10.7 Å². The smallest absolute Gasteiger partial charge is 0.236 e. The van der Waals surface area contributed by atoms with Gasteiger partial charge in [-0.25, -0.2) is 13.5 Å². The third-order valence-corrected chi connectivity index (χ3v) is 7.23. The highest BCUT2D eigenvalue weighted by atomic mass is 31.1. The summed E-state index contributed by atoms with van der Waals surface area (Å²) in [5.74, 6) is -0.193. The molecule has 140 valence electrons. The summed E-state index contributed by atoms with van der Waals surface area (Å²) in [5.41, 5.74) is 1.10. The van der Waals surface area contributed by atoms with Crippen LogP contribution >= 0.6 is 7.92 Å². The van der Waals surface area contributed by atoms with Gasteiger partial charge in [-0.2, -0.15) is 0 Å². The lowest BCUT2D eigenvalue weighted by Crippen LogP contribution is -2.31. The lowest BCUT2D eigenvalue weighted by Gasteiger charge is -2.17. The summed E-state index contributed by atoms with van der Waals surface area (Å²) in [4.78, 5) is 0. The van der Waals surface area contributed by atoms with Crippen molar-refractivity contribution < 1.29 is 8.96 Å². The van der Waals surface area contributed by atoms with E-state index in [1.54, 1.807) is 0 Å². The van der Waals surface area contributed by atoms with Crippen LogP contribution in [0.25, 0.3) is 0 Å². The fourth-order valence-corrected chi connectivity index (χ4v) is 5.61. The van der Waals surface area contributed by atoms with E-state index in [9.17, 15) is 4.39 Å². The summed E-state index contributed by atoms with van der Waals surface area (Å²) >= 11 is 0. The summed E-state index contributed by atoms with van der Waals surface area (Å²) in [7, 11) is -0.389. The van der Waals surface area contributed by atoms with Crippen molar-refractivity contribution >= 4 is 18.5 Å². The number of aromatic nitrogens is 2. The number of imidazole rings is 1. The molecule has 0 fully saturated rings. The Morgan fingerprint density at radius 2 is 1.39 bits per heavy atom. The third kappa shape index (κ3) is 4.74. The highest BCUT2D eigenvalue weighted by Crippen LogP contribution is 2.33. The van der Waals surface area contributed by atoms with Crippen LogP contribution in [0.4, 0.5) is 4.39 Å². The highest BCUT2D eigenvalue weighted by Gasteiger charge is 2.15. The van der Waals surface area contributed by atoms with Gasteiger partial charge in [-0.15, -0.1) is 0 Å². The Balaban J connectivity index is 1.46. The van der Waals surface area contributed by atoms with Gasteiger partial charge in [0.1, 0.15) is 24.8 Å². The SMILES string of the molecule is Fc1ccc(C[n+]2ccn(CCP(c3ccccc3)c3ccccc3)c2)cc1. The number of rotatable bonds is 7. The Hall–Kier alpha value is -2.77. The summed E-state index contributed by atoms with van der Waals surface area (Å²) in [6.45, 7) is 1.71. The zero-order valence-corrected chi connectivity index (χ0v) is 16.6. The predicted octanol–water partition coefficient (Wildman–Crippen LogP) is 4.10. The van der Waals surface area contributed by atoms with Crippen molar-refractivity contribution in [2.45, 2.75) is 13.1 Å². The van der Waals surface area contributed by atoms with Crippen molar-refractivity contribution in [3.05, 3.63) is 115 Å². The molecule has 0 spiro atoms. The zero-order chi connectivity index (χ0) is 19.2. The maximum absolute atomic E-state index is 13.1. The number of nitrogens with zero attached hydrogens (tertiary/aromatic N) is 2. The fourth-order valence-electron chi connectivity index (χ4n) is 3.30. The van der Waals surface area contributed by atoms with Crippen molar-refractivity contribution in [2.75, 3.05) is 6.16 Å². The van der Waals surface area contributed by atoms with Gasteiger partial charge in [0, 0.05) is 6.16 Å². The minimum absolute atomic E-state index is 0.193. The van der Waals surface area contributed by atoms with Crippen LogP contribution in [0.5, 0.6) is 0 Å². The molecule has 28 heavy (non-hydrogen) atoms. The first-order chi connectivity index (χ1) is 13.8. The quantitative estimate of drug-likeness (QED) is 0.333. The molecule has 0 aliphatic heterocycles. The van der Waals surface area contributed by atoms with E-state index in [1.165, 1.54) is 22.7 Å². The maximum Gasteiger partial charge on any atom is 0.244 e. The van der Waals surface area contributed by atoms with Gasteiger partial charge in [-0.05, 0) is 36.2 Å². The minimum Gasteiger partial charge on any atom is -0.236 e. The Kier molecular flexibility index (Phi) is 5.94. The second-order valence-electron chi connectivity index (χ2n) is 6.77. The van der Waals surface area contributed by atoms with E-state index in [-0.39, 0.29) is 13.7 Å². The second-order valence-corrected chi connectivity index (χ2v) is 9.11. The Bertz CT molecular complexity index is 958. The molecule has 1 heterocycles. The normalized spacial score (nSPS) is 11.1. The van der Waals surface area contributed by atoms with Gasteiger partial charge < -0.3 is 0 Å². The first-order valence-corrected chi connectivity index (χ1v) is 11.0. The van der Waals surface area contributed by atoms with Crippen LogP contribution in [-0.2, 0) is 13.1 Å². The standard InChI is InChI=1S/C24H23FN2P/c25-22-13-11-21(12-14-22)19-27-16-15-26(20-27)17-18-28(23-7-3-1-4-8-23)24-9-5-2-6-10-24/h1-16,20H,17-19H2/q+1. The molecule has 0 bridgehead atoms. The van der Waals surface area contributed by atoms with E-state index >= 15 is 0 Å². The van der Waals surface area contributed by atoms with Crippen molar-refractivity contribution in [3.63, 3.8) is 0 Å². The topological polar surface area (TPSA) is 8.81 Å². The number of hydrogen-bond donors (Lipinski definition) is 0. The van der Waals surface area contributed by atoms with Crippen molar-refractivity contribution in [3.8, 4) is 0 Å². The Morgan fingerprint density at radius 3 is 2.00 bits per heavy atom. The van der Waals surface area contributed by atoms with Gasteiger partial charge >= 0.3 is 0 Å². The van der Waals surface area contributed by atoms with E-state index in [1.807, 2.05) is 12.1 Å². The van der Waals surface area contributed by atoms with E-state index in [2.05, 4.69) is 88.5 Å². The molecule has 1 aromatic heterocycles. The van der Waals surface area contributed by atoms with Crippen LogP contribution in [0.1, 0.15) is 5.56 Å². The molecule has 4 rings (SSSR count). The Morgan fingerprint density at radius 1 is 0.786 bits per heavy atom. The average molecular weight is 389 g/mol. The molecule has 0 aliphatic rings. The molecule has 0 saturated carbocycles. The fraction of sp³-hybridized carbons (Fsp3) is 0.125. The van der Waals surface area contributed by atoms with Gasteiger partial charge in [-0.3, -0.25) is 0 Å². The Labute approximate surface area is 166 Å². The average Bonchev–Trinajstić information content (AvgIpc) is 3.19. The van der Waals surface area contributed by atoms with E-state index in [0.717, 1.165) is 24.8 Å². The van der Waals surface area contributed by atoms with Crippen LogP contribution in [0.15, 0.2) is 104 Å². The third-order valence-electron chi connectivity index (χ3n) is 4.74. The van der Waals surface area contributed by atoms with Crippen LogP contribution < -0.4 is 15.2 Å². The zero-order valence-electron chi connectivity index (χ0n) is 15.7. The van der Waals surface area contributed by atoms with E-state index in [0.29, 0.717) is 0 Å². The number of hydrogen-bond acceptors (Lipinski definition) is 0. The molecular weight excluding hydrogens is 366 g/mol. The van der Waals surface area contributed by atoms with Crippen molar-refractivity contribution in [1.29, 1.82) is 0 Å². The molecular formula is C24H23FN2P+. The molecule has 0 amide bonds. The number of aryl methyl sites for hydroxylation is 1. The second kappa shape index (κ2) is 8.95. The van der Waals surface area contributed by atoms with Gasteiger partial charge in [0.25, 0.3) is 0 Å². The van der Waals surface area contributed by atoms with Gasteiger partial charge in [0.2, 0.25) is 6.33 Å². The lowest BCUT2D eigenvalue weighted by atomic mass is 10.2. The predicted molar refractivity (Wildman–Crippen MR) is 114 cm³/mol. The maximum atomic E-state index is 13.1. The van der Waals surface area contributed by atoms with Gasteiger partial charge in [0.05, 0.1) is 6.54 Å². The summed E-state index contributed by atoms with van der Waals surface area (Å²) < 4.78 is 17.5. The molecule has 0 aliphatic carbocycles. The highest BCUT2D eigenvalue weighted by molar-refractivity contribution is 7.73. The molecule has 0 unspecified atom stereocenters. The first kappa shape index (κ1) is 18.6. The van der Waals surface area contributed by atoms with Crippen molar-refractivity contribution in [2.24, 2.45) is 0 Å². The molecule has 0 saturated heterocycles. The summed E-state index contributed by atoms with van der Waals surface area (Å²) in [5, 5.41) is 2.82. The summed E-state index contributed by atoms with van der Waals surface area (Å²) in [6, 6.07) is 28.3. The summed E-state index contributed by atoms with van der Waals surface area (Å²) in [6.07, 6.45) is 7.42. The first-order valence-electron chi connectivity index (χ1n) is 9.45. The molecule has 0 atom stereocenters. The lowest BCUT2D eigenvalue weighted by molar-refractivity contribution is -0.687.